The first kappa shape index (κ1) is 12.7. The van der Waals surface area contributed by atoms with Gasteiger partial charge in [-0.1, -0.05) is 22.9 Å². The van der Waals surface area contributed by atoms with Crippen molar-refractivity contribution in [2.45, 2.75) is 25.6 Å². The summed E-state index contributed by atoms with van der Waals surface area (Å²) < 4.78 is 3.17. The zero-order chi connectivity index (χ0) is 12.3. The highest BCUT2D eigenvalue weighted by atomic mass is 79.9. The molecule has 0 bridgehead atoms. The number of hydrogen-bond donors (Lipinski definition) is 0. The third-order valence-corrected chi connectivity index (χ3v) is 3.42. The Bertz CT molecular complexity index is 508. The van der Waals surface area contributed by atoms with Crippen LogP contribution in [0.25, 0.3) is 5.69 Å². The van der Waals surface area contributed by atoms with Crippen molar-refractivity contribution in [1.29, 1.82) is 0 Å². The fraction of sp³-hybridized carbons (Fsp3) is 0.308. The zero-order valence-corrected chi connectivity index (χ0v) is 12.0. The normalized spacial score (nSPS) is 10.8. The summed E-state index contributed by atoms with van der Waals surface area (Å²) in [6.45, 7) is 2.16. The molecule has 4 heteroatoms. The standard InChI is InChI=1S/C13H14BrClN2/c1-2-3-13-16-6-7-17(13)12-5-4-11(14)8-10(12)9-15/h4-8H,2-3,9H2,1H3. The molecule has 0 aliphatic heterocycles. The maximum Gasteiger partial charge on any atom is 0.113 e. The van der Waals surface area contributed by atoms with E-state index in [0.717, 1.165) is 34.4 Å². The van der Waals surface area contributed by atoms with Crippen molar-refractivity contribution < 1.29 is 0 Å². The van der Waals surface area contributed by atoms with Crippen molar-refractivity contribution in [2.75, 3.05) is 0 Å². The van der Waals surface area contributed by atoms with Crippen molar-refractivity contribution in [3.05, 3.63) is 46.5 Å². The predicted molar refractivity (Wildman–Crippen MR) is 74.8 cm³/mol. The third kappa shape index (κ3) is 2.72. The summed E-state index contributed by atoms with van der Waals surface area (Å²) in [5.74, 6) is 1.58. The number of nitrogens with zero attached hydrogens (tertiary/aromatic N) is 2. The Kier molecular flexibility index (Phi) is 4.24. The van der Waals surface area contributed by atoms with Gasteiger partial charge >= 0.3 is 0 Å². The minimum Gasteiger partial charge on any atom is -0.303 e. The lowest BCUT2D eigenvalue weighted by Crippen LogP contribution is -2.03. The van der Waals surface area contributed by atoms with Crippen molar-refractivity contribution in [3.63, 3.8) is 0 Å². The molecule has 1 heterocycles. The second-order valence-electron chi connectivity index (χ2n) is 3.87. The van der Waals surface area contributed by atoms with E-state index in [1.807, 2.05) is 18.5 Å². The largest absolute Gasteiger partial charge is 0.303 e. The molecule has 0 unspecified atom stereocenters. The molecule has 2 rings (SSSR count). The van der Waals surface area contributed by atoms with Gasteiger partial charge in [0, 0.05) is 29.2 Å². The molecule has 0 aliphatic carbocycles. The third-order valence-electron chi connectivity index (χ3n) is 2.64. The van der Waals surface area contributed by atoms with E-state index in [1.54, 1.807) is 0 Å². The molecule has 0 atom stereocenters. The highest BCUT2D eigenvalue weighted by molar-refractivity contribution is 9.10. The molecule has 2 aromatic rings. The lowest BCUT2D eigenvalue weighted by Gasteiger charge is -2.11. The van der Waals surface area contributed by atoms with Crippen LogP contribution in [0.3, 0.4) is 0 Å². The van der Waals surface area contributed by atoms with Gasteiger partial charge in [0.25, 0.3) is 0 Å². The molecule has 0 aliphatic rings. The number of benzene rings is 1. The van der Waals surface area contributed by atoms with Crippen LogP contribution < -0.4 is 0 Å². The molecular formula is C13H14BrClN2. The van der Waals surface area contributed by atoms with E-state index in [0.29, 0.717) is 5.88 Å². The number of rotatable bonds is 4. The Morgan fingerprint density at radius 3 is 2.94 bits per heavy atom. The van der Waals surface area contributed by atoms with Crippen LogP contribution in [0.5, 0.6) is 0 Å². The Morgan fingerprint density at radius 1 is 1.41 bits per heavy atom. The van der Waals surface area contributed by atoms with Crippen LogP contribution in [0.4, 0.5) is 0 Å². The predicted octanol–water partition coefficient (Wildman–Crippen LogP) is 4.33. The maximum absolute atomic E-state index is 6.00. The average molecular weight is 314 g/mol. The molecule has 0 fully saturated rings. The molecule has 17 heavy (non-hydrogen) atoms. The Hall–Kier alpha value is -0.800. The van der Waals surface area contributed by atoms with Gasteiger partial charge in [-0.15, -0.1) is 11.6 Å². The number of alkyl halides is 1. The molecule has 90 valence electrons. The molecule has 0 saturated heterocycles. The van der Waals surface area contributed by atoms with Gasteiger partial charge in [0.05, 0.1) is 5.69 Å². The molecule has 0 saturated carbocycles. The SMILES string of the molecule is CCCc1nccn1-c1ccc(Br)cc1CCl. The van der Waals surface area contributed by atoms with E-state index >= 15 is 0 Å². The van der Waals surface area contributed by atoms with Gasteiger partial charge in [0.15, 0.2) is 0 Å². The van der Waals surface area contributed by atoms with Crippen LogP contribution >= 0.6 is 27.5 Å². The Labute approximate surface area is 115 Å². The van der Waals surface area contributed by atoms with Gasteiger partial charge in [-0.3, -0.25) is 0 Å². The van der Waals surface area contributed by atoms with Gasteiger partial charge in [0.1, 0.15) is 5.82 Å². The monoisotopic (exact) mass is 312 g/mol. The van der Waals surface area contributed by atoms with Crippen LogP contribution in [-0.2, 0) is 12.3 Å². The molecule has 0 amide bonds. The first-order chi connectivity index (χ1) is 8.26. The van der Waals surface area contributed by atoms with Gasteiger partial charge in [-0.2, -0.15) is 0 Å². The maximum atomic E-state index is 6.00. The quantitative estimate of drug-likeness (QED) is 0.768. The van der Waals surface area contributed by atoms with Gasteiger partial charge in [-0.05, 0) is 30.2 Å². The van der Waals surface area contributed by atoms with Gasteiger partial charge in [-0.25, -0.2) is 4.98 Å². The summed E-state index contributed by atoms with van der Waals surface area (Å²) >= 11 is 9.46. The molecule has 0 N–H and O–H groups in total. The van der Waals surface area contributed by atoms with E-state index in [2.05, 4.69) is 44.5 Å². The molecular weight excluding hydrogens is 300 g/mol. The minimum atomic E-state index is 0.499. The van der Waals surface area contributed by atoms with Gasteiger partial charge in [0.2, 0.25) is 0 Å². The van der Waals surface area contributed by atoms with E-state index in [4.69, 9.17) is 11.6 Å². The Balaban J connectivity index is 2.48. The number of aryl methyl sites for hydroxylation is 1. The summed E-state index contributed by atoms with van der Waals surface area (Å²) in [5.41, 5.74) is 2.22. The van der Waals surface area contributed by atoms with E-state index in [-0.39, 0.29) is 0 Å². The summed E-state index contributed by atoms with van der Waals surface area (Å²) in [7, 11) is 0. The van der Waals surface area contributed by atoms with Crippen molar-refractivity contribution in [3.8, 4) is 5.69 Å². The Morgan fingerprint density at radius 2 is 2.24 bits per heavy atom. The summed E-state index contributed by atoms with van der Waals surface area (Å²) in [4.78, 5) is 4.39. The lowest BCUT2D eigenvalue weighted by molar-refractivity contribution is 0.806. The van der Waals surface area contributed by atoms with E-state index in [9.17, 15) is 0 Å². The number of halogens is 2. The van der Waals surface area contributed by atoms with Crippen LogP contribution in [-0.4, -0.2) is 9.55 Å². The molecule has 1 aromatic carbocycles. The van der Waals surface area contributed by atoms with Gasteiger partial charge < -0.3 is 4.57 Å². The second-order valence-corrected chi connectivity index (χ2v) is 5.05. The highest BCUT2D eigenvalue weighted by Gasteiger charge is 2.08. The summed E-state index contributed by atoms with van der Waals surface area (Å²) in [6.07, 6.45) is 5.89. The minimum absolute atomic E-state index is 0.499. The zero-order valence-electron chi connectivity index (χ0n) is 9.66. The molecule has 0 spiro atoms. The van der Waals surface area contributed by atoms with Crippen LogP contribution in [0.15, 0.2) is 35.1 Å². The number of hydrogen-bond acceptors (Lipinski definition) is 1. The fourth-order valence-electron chi connectivity index (χ4n) is 1.86. The number of aromatic nitrogens is 2. The van der Waals surface area contributed by atoms with Crippen molar-refractivity contribution in [2.24, 2.45) is 0 Å². The van der Waals surface area contributed by atoms with Crippen LogP contribution in [0.1, 0.15) is 24.7 Å². The lowest BCUT2D eigenvalue weighted by atomic mass is 10.2. The van der Waals surface area contributed by atoms with Crippen molar-refractivity contribution >= 4 is 27.5 Å². The summed E-state index contributed by atoms with van der Waals surface area (Å²) in [5, 5.41) is 0. The fourth-order valence-corrected chi connectivity index (χ4v) is 2.48. The first-order valence-corrected chi connectivity index (χ1v) is 6.96. The second kappa shape index (κ2) is 5.69. The topological polar surface area (TPSA) is 17.8 Å². The highest BCUT2D eigenvalue weighted by Crippen LogP contribution is 2.23. The smallest absolute Gasteiger partial charge is 0.113 e. The van der Waals surface area contributed by atoms with E-state index in [1.165, 1.54) is 0 Å². The van der Waals surface area contributed by atoms with E-state index < -0.39 is 0 Å². The molecule has 0 radical (unpaired) electrons. The number of imidazole rings is 1. The van der Waals surface area contributed by atoms with Crippen LogP contribution in [0, 0.1) is 0 Å². The molecule has 1 aromatic heterocycles. The van der Waals surface area contributed by atoms with Crippen molar-refractivity contribution in [1.82, 2.24) is 9.55 Å². The molecule has 2 nitrogen and oxygen atoms in total. The first-order valence-electron chi connectivity index (χ1n) is 5.63. The van der Waals surface area contributed by atoms with Crippen LogP contribution in [0.2, 0.25) is 0 Å². The average Bonchev–Trinajstić information content (AvgIpc) is 2.77. The summed E-state index contributed by atoms with van der Waals surface area (Å²) in [6, 6.07) is 6.15.